The number of aromatic nitrogens is 1. The Labute approximate surface area is 265 Å². The Morgan fingerprint density at radius 1 is 0.889 bits per heavy atom. The van der Waals surface area contributed by atoms with Crippen LogP contribution in [0.1, 0.15) is 72.2 Å². The number of carbonyl (C=O) groups is 1. The second-order valence-corrected chi connectivity index (χ2v) is 12.0. The number of hydrogen-bond donors (Lipinski definition) is 1. The standard InChI is InChI=1S/C40H39NO4/c1-3-44-37(43)27-40(24-25-40)35-22-20-33(21-23-35)32-16-18-34(19-17-32)39-38(28(2)41-45-39)36(42)11-7-10-29-12-14-31(15-13-29)26-30-8-5-4-6-9-30/h4-10,12-23,36,42H,3,11,24-27H2,1-2H3/b10-7+. The first kappa shape index (κ1) is 30.3. The Hall–Kier alpha value is -4.74. The summed E-state index contributed by atoms with van der Waals surface area (Å²) in [6.45, 7) is 4.13. The summed E-state index contributed by atoms with van der Waals surface area (Å²) in [7, 11) is 0. The molecule has 45 heavy (non-hydrogen) atoms. The Bertz CT molecular complexity index is 1750. The highest BCUT2D eigenvalue weighted by Crippen LogP contribution is 2.51. The molecule has 0 radical (unpaired) electrons. The lowest BCUT2D eigenvalue weighted by molar-refractivity contribution is -0.143. The van der Waals surface area contributed by atoms with E-state index < -0.39 is 6.10 Å². The summed E-state index contributed by atoms with van der Waals surface area (Å²) >= 11 is 0. The van der Waals surface area contributed by atoms with Crippen LogP contribution in [0, 0.1) is 6.92 Å². The van der Waals surface area contributed by atoms with Crippen LogP contribution in [0.15, 0.2) is 114 Å². The van der Waals surface area contributed by atoms with E-state index in [9.17, 15) is 9.90 Å². The minimum absolute atomic E-state index is 0.0711. The van der Waals surface area contributed by atoms with Crippen LogP contribution < -0.4 is 0 Å². The van der Waals surface area contributed by atoms with Gasteiger partial charge in [-0.25, -0.2) is 0 Å². The topological polar surface area (TPSA) is 72.6 Å². The lowest BCUT2D eigenvalue weighted by Gasteiger charge is -2.15. The molecule has 0 aliphatic heterocycles. The minimum Gasteiger partial charge on any atom is -0.466 e. The highest BCUT2D eigenvalue weighted by atomic mass is 16.5. The molecule has 1 aliphatic carbocycles. The van der Waals surface area contributed by atoms with Crippen LogP contribution in [-0.2, 0) is 21.4 Å². The first-order chi connectivity index (χ1) is 21.9. The van der Waals surface area contributed by atoms with E-state index in [0.29, 0.717) is 36.5 Å². The van der Waals surface area contributed by atoms with Gasteiger partial charge in [0.25, 0.3) is 0 Å². The molecule has 1 aromatic heterocycles. The third-order valence-electron chi connectivity index (χ3n) is 8.76. The van der Waals surface area contributed by atoms with E-state index in [1.54, 1.807) is 0 Å². The van der Waals surface area contributed by atoms with Gasteiger partial charge in [0.15, 0.2) is 5.76 Å². The van der Waals surface area contributed by atoms with Gasteiger partial charge in [0.05, 0.1) is 30.4 Å². The van der Waals surface area contributed by atoms with Gasteiger partial charge in [-0.15, -0.1) is 0 Å². The number of benzene rings is 4. The molecule has 5 nitrogen and oxygen atoms in total. The molecular formula is C40H39NO4. The number of rotatable bonds is 12. The molecule has 5 heteroatoms. The molecule has 1 N–H and O–H groups in total. The fourth-order valence-electron chi connectivity index (χ4n) is 6.04. The van der Waals surface area contributed by atoms with Gasteiger partial charge in [-0.3, -0.25) is 4.79 Å². The van der Waals surface area contributed by atoms with E-state index in [4.69, 9.17) is 9.26 Å². The average Bonchev–Trinajstić information content (AvgIpc) is 3.74. The van der Waals surface area contributed by atoms with Crippen molar-refractivity contribution in [2.45, 2.75) is 57.5 Å². The van der Waals surface area contributed by atoms with Gasteiger partial charge in [0.2, 0.25) is 0 Å². The smallest absolute Gasteiger partial charge is 0.306 e. The van der Waals surface area contributed by atoms with Gasteiger partial charge >= 0.3 is 5.97 Å². The second-order valence-electron chi connectivity index (χ2n) is 12.0. The molecule has 0 bridgehead atoms. The van der Waals surface area contributed by atoms with Crippen LogP contribution in [0.4, 0.5) is 0 Å². The lowest BCUT2D eigenvalue weighted by atomic mass is 9.90. The van der Waals surface area contributed by atoms with Crippen LogP contribution in [-0.4, -0.2) is 22.8 Å². The quantitative estimate of drug-likeness (QED) is 0.145. The number of aryl methyl sites for hydroxylation is 1. The normalized spacial score (nSPS) is 14.4. The number of nitrogens with zero attached hydrogens (tertiary/aromatic N) is 1. The summed E-state index contributed by atoms with van der Waals surface area (Å²) in [6, 6.07) is 35.6. The van der Waals surface area contributed by atoms with Crippen LogP contribution >= 0.6 is 0 Å². The van der Waals surface area contributed by atoms with Crippen molar-refractivity contribution in [2.24, 2.45) is 0 Å². The molecule has 6 rings (SSSR count). The minimum atomic E-state index is -0.739. The van der Waals surface area contributed by atoms with Crippen molar-refractivity contribution < 1.29 is 19.2 Å². The van der Waals surface area contributed by atoms with Crippen molar-refractivity contribution in [1.82, 2.24) is 5.16 Å². The van der Waals surface area contributed by atoms with Crippen molar-refractivity contribution in [3.63, 3.8) is 0 Å². The molecule has 4 aromatic carbocycles. The maximum atomic E-state index is 12.1. The number of esters is 1. The fourth-order valence-corrected chi connectivity index (χ4v) is 6.04. The molecule has 5 aromatic rings. The van der Waals surface area contributed by atoms with Crippen molar-refractivity contribution in [3.05, 3.63) is 143 Å². The van der Waals surface area contributed by atoms with E-state index in [0.717, 1.165) is 41.5 Å². The summed E-state index contributed by atoms with van der Waals surface area (Å²) in [5.74, 6) is 0.470. The molecule has 1 fully saturated rings. The number of aliphatic hydroxyl groups excluding tert-OH is 1. The molecule has 0 spiro atoms. The van der Waals surface area contributed by atoms with Crippen molar-refractivity contribution >= 4 is 12.0 Å². The van der Waals surface area contributed by atoms with Gasteiger partial charge in [-0.2, -0.15) is 0 Å². The van der Waals surface area contributed by atoms with Crippen LogP contribution in [0.25, 0.3) is 28.5 Å². The zero-order valence-corrected chi connectivity index (χ0v) is 25.9. The SMILES string of the molecule is CCOC(=O)CC1(c2ccc(-c3ccc(-c4onc(C)c4C(O)C/C=C/c4ccc(Cc5ccccc5)cc4)cc3)cc2)CC1. The van der Waals surface area contributed by atoms with Crippen LogP contribution in [0.2, 0.25) is 0 Å². The number of aliphatic hydroxyl groups is 1. The monoisotopic (exact) mass is 597 g/mol. The molecule has 1 saturated carbocycles. The third kappa shape index (κ3) is 7.16. The molecule has 1 atom stereocenters. The van der Waals surface area contributed by atoms with Gasteiger partial charge in [0.1, 0.15) is 0 Å². The number of carbonyl (C=O) groups excluding carboxylic acids is 1. The Morgan fingerprint density at radius 2 is 1.51 bits per heavy atom. The van der Waals surface area contributed by atoms with Gasteiger partial charge in [-0.1, -0.05) is 120 Å². The first-order valence-electron chi connectivity index (χ1n) is 15.7. The van der Waals surface area contributed by atoms with Gasteiger partial charge in [-0.05, 0) is 72.9 Å². The molecule has 228 valence electrons. The molecule has 1 aliphatic rings. The molecule has 1 unspecified atom stereocenters. The van der Waals surface area contributed by atoms with Gasteiger partial charge < -0.3 is 14.4 Å². The van der Waals surface area contributed by atoms with Crippen LogP contribution in [0.5, 0.6) is 0 Å². The summed E-state index contributed by atoms with van der Waals surface area (Å²) < 4.78 is 10.9. The molecule has 1 heterocycles. The third-order valence-corrected chi connectivity index (χ3v) is 8.76. The average molecular weight is 598 g/mol. The van der Waals surface area contributed by atoms with E-state index in [1.807, 2.05) is 44.2 Å². The first-order valence-corrected chi connectivity index (χ1v) is 15.7. The Morgan fingerprint density at radius 3 is 2.16 bits per heavy atom. The Kier molecular flexibility index (Phi) is 9.08. The predicted octanol–water partition coefficient (Wildman–Crippen LogP) is 9.03. The maximum absolute atomic E-state index is 12.1. The van der Waals surface area contributed by atoms with E-state index in [2.05, 4.69) is 90.1 Å². The van der Waals surface area contributed by atoms with E-state index >= 15 is 0 Å². The summed E-state index contributed by atoms with van der Waals surface area (Å²) in [4.78, 5) is 12.1. The van der Waals surface area contributed by atoms with E-state index in [1.165, 1.54) is 16.7 Å². The maximum Gasteiger partial charge on any atom is 0.306 e. The van der Waals surface area contributed by atoms with Crippen molar-refractivity contribution in [3.8, 4) is 22.5 Å². The summed E-state index contributed by atoms with van der Waals surface area (Å²) in [6.07, 6.45) is 7.13. The molecule has 0 saturated heterocycles. The van der Waals surface area contributed by atoms with Gasteiger partial charge in [0, 0.05) is 11.0 Å². The highest BCUT2D eigenvalue weighted by molar-refractivity contribution is 5.73. The number of ether oxygens (including phenoxy) is 1. The van der Waals surface area contributed by atoms with Crippen molar-refractivity contribution in [2.75, 3.05) is 6.61 Å². The van der Waals surface area contributed by atoms with E-state index in [-0.39, 0.29) is 11.4 Å². The number of hydrogen-bond acceptors (Lipinski definition) is 5. The molecule has 0 amide bonds. The predicted molar refractivity (Wildman–Crippen MR) is 179 cm³/mol. The summed E-state index contributed by atoms with van der Waals surface area (Å²) in [5, 5.41) is 15.3. The zero-order valence-electron chi connectivity index (χ0n) is 25.9. The fraction of sp³-hybridized carbons (Fsp3) is 0.250. The van der Waals surface area contributed by atoms with Crippen LogP contribution in [0.3, 0.4) is 0 Å². The second kappa shape index (κ2) is 13.5. The van der Waals surface area contributed by atoms with Crippen molar-refractivity contribution in [1.29, 1.82) is 0 Å². The largest absolute Gasteiger partial charge is 0.466 e. The Balaban J connectivity index is 1.09. The zero-order chi connectivity index (χ0) is 31.2. The molecular weight excluding hydrogens is 558 g/mol. The summed E-state index contributed by atoms with van der Waals surface area (Å²) in [5.41, 5.74) is 9.23. The lowest BCUT2D eigenvalue weighted by Crippen LogP contribution is -2.15. The highest BCUT2D eigenvalue weighted by Gasteiger charge is 2.46.